The Bertz CT molecular complexity index is 368. The second-order valence-electron chi connectivity index (χ2n) is 6.43. The molecule has 1 unspecified atom stereocenters. The number of halogens is 1. The highest BCUT2D eigenvalue weighted by Crippen LogP contribution is 2.21. The second kappa shape index (κ2) is 7.91. The Hall–Kier alpha value is -0.530. The minimum absolute atomic E-state index is 0.185. The van der Waals surface area contributed by atoms with E-state index < -0.39 is 0 Å². The van der Waals surface area contributed by atoms with Crippen molar-refractivity contribution in [3.63, 3.8) is 0 Å². The van der Waals surface area contributed by atoms with Crippen LogP contribution in [0.5, 0.6) is 0 Å². The maximum absolute atomic E-state index is 6.27. The van der Waals surface area contributed by atoms with Gasteiger partial charge in [0.1, 0.15) is 0 Å². The van der Waals surface area contributed by atoms with E-state index >= 15 is 0 Å². The molecule has 0 aliphatic heterocycles. The molecule has 1 aromatic carbocycles. The molecule has 1 N–H and O–H groups in total. The van der Waals surface area contributed by atoms with Gasteiger partial charge in [0.05, 0.1) is 0 Å². The summed E-state index contributed by atoms with van der Waals surface area (Å²) in [6.07, 6.45) is 4.89. The van der Waals surface area contributed by atoms with Gasteiger partial charge in [-0.1, -0.05) is 49.6 Å². The zero-order valence-corrected chi connectivity index (χ0v) is 13.6. The molecule has 0 heterocycles. The van der Waals surface area contributed by atoms with Crippen molar-refractivity contribution in [3.05, 3.63) is 34.9 Å². The van der Waals surface area contributed by atoms with Crippen molar-refractivity contribution in [3.8, 4) is 0 Å². The molecular formula is C17H28ClN. The monoisotopic (exact) mass is 281 g/mol. The van der Waals surface area contributed by atoms with Crippen LogP contribution in [0.4, 0.5) is 0 Å². The maximum Gasteiger partial charge on any atom is 0.0438 e. The lowest BCUT2D eigenvalue weighted by molar-refractivity contribution is 0.351. The fraction of sp³-hybridized carbons (Fsp3) is 0.647. The molecule has 1 nitrogen and oxygen atoms in total. The van der Waals surface area contributed by atoms with Gasteiger partial charge < -0.3 is 5.32 Å². The highest BCUT2D eigenvalue weighted by atomic mass is 35.5. The Labute approximate surface area is 123 Å². The minimum atomic E-state index is 0.185. The lowest BCUT2D eigenvalue weighted by atomic mass is 9.93. The molecule has 0 saturated heterocycles. The van der Waals surface area contributed by atoms with Crippen LogP contribution in [0.15, 0.2) is 24.3 Å². The Morgan fingerprint density at radius 2 is 1.89 bits per heavy atom. The highest BCUT2D eigenvalue weighted by Gasteiger charge is 2.15. The zero-order chi connectivity index (χ0) is 14.3. The van der Waals surface area contributed by atoms with Gasteiger partial charge in [-0.05, 0) is 57.7 Å². The van der Waals surface area contributed by atoms with E-state index in [4.69, 9.17) is 11.6 Å². The second-order valence-corrected chi connectivity index (χ2v) is 6.84. The van der Waals surface area contributed by atoms with Gasteiger partial charge in [0.2, 0.25) is 0 Å². The molecule has 0 fully saturated rings. The first-order chi connectivity index (χ1) is 8.92. The smallest absolute Gasteiger partial charge is 0.0438 e. The largest absolute Gasteiger partial charge is 0.312 e. The summed E-state index contributed by atoms with van der Waals surface area (Å²) in [6, 6.07) is 8.22. The lowest BCUT2D eigenvalue weighted by Gasteiger charge is -2.25. The summed E-state index contributed by atoms with van der Waals surface area (Å²) in [6.45, 7) is 9.98. The van der Waals surface area contributed by atoms with E-state index in [2.05, 4.69) is 45.1 Å². The van der Waals surface area contributed by atoms with Crippen molar-refractivity contribution in [2.45, 2.75) is 58.9 Å². The summed E-state index contributed by atoms with van der Waals surface area (Å²) in [4.78, 5) is 0. The van der Waals surface area contributed by atoms with Crippen LogP contribution in [0, 0.1) is 5.92 Å². The van der Waals surface area contributed by atoms with E-state index in [1.54, 1.807) is 0 Å². The molecule has 0 aromatic heterocycles. The fourth-order valence-corrected chi connectivity index (χ4v) is 2.41. The zero-order valence-electron chi connectivity index (χ0n) is 12.8. The lowest BCUT2D eigenvalue weighted by Crippen LogP contribution is -2.39. The van der Waals surface area contributed by atoms with Crippen LogP contribution in [0.2, 0.25) is 5.02 Å². The number of hydrogen-bond donors (Lipinski definition) is 1. The van der Waals surface area contributed by atoms with Gasteiger partial charge in [0, 0.05) is 10.6 Å². The number of hydrogen-bond acceptors (Lipinski definition) is 1. The van der Waals surface area contributed by atoms with Crippen LogP contribution in [0.25, 0.3) is 0 Å². The predicted molar refractivity (Wildman–Crippen MR) is 85.9 cm³/mol. The van der Waals surface area contributed by atoms with Crippen molar-refractivity contribution < 1.29 is 0 Å². The molecule has 19 heavy (non-hydrogen) atoms. The number of nitrogens with one attached hydrogen (secondary N) is 1. The first-order valence-corrected chi connectivity index (χ1v) is 7.78. The summed E-state index contributed by atoms with van der Waals surface area (Å²) >= 11 is 6.27. The van der Waals surface area contributed by atoms with Crippen molar-refractivity contribution in [2.24, 2.45) is 5.92 Å². The van der Waals surface area contributed by atoms with E-state index in [-0.39, 0.29) is 5.54 Å². The van der Waals surface area contributed by atoms with Gasteiger partial charge >= 0.3 is 0 Å². The van der Waals surface area contributed by atoms with Crippen molar-refractivity contribution in [2.75, 3.05) is 6.54 Å². The van der Waals surface area contributed by atoms with E-state index in [0.717, 1.165) is 18.0 Å². The Kier molecular flexibility index (Phi) is 6.88. The summed E-state index contributed by atoms with van der Waals surface area (Å²) < 4.78 is 0. The molecule has 0 aliphatic rings. The third kappa shape index (κ3) is 6.98. The van der Waals surface area contributed by atoms with Crippen molar-refractivity contribution >= 4 is 11.6 Å². The van der Waals surface area contributed by atoms with Gasteiger partial charge in [-0.15, -0.1) is 0 Å². The van der Waals surface area contributed by atoms with Gasteiger partial charge in [-0.2, -0.15) is 0 Å². The molecule has 0 radical (unpaired) electrons. The topological polar surface area (TPSA) is 12.0 Å². The standard InChI is InChI=1S/C17H28ClN/c1-5-6-9-14(13-19-17(2,3)4)12-15-10-7-8-11-16(15)18/h7-8,10-11,14,19H,5-6,9,12-13H2,1-4H3. The molecule has 1 atom stereocenters. The van der Waals surface area contributed by atoms with Crippen molar-refractivity contribution in [1.29, 1.82) is 0 Å². The van der Waals surface area contributed by atoms with E-state index in [9.17, 15) is 0 Å². The van der Waals surface area contributed by atoms with Crippen LogP contribution in [-0.4, -0.2) is 12.1 Å². The van der Waals surface area contributed by atoms with Crippen molar-refractivity contribution in [1.82, 2.24) is 5.32 Å². The first-order valence-electron chi connectivity index (χ1n) is 7.41. The highest BCUT2D eigenvalue weighted by molar-refractivity contribution is 6.31. The van der Waals surface area contributed by atoms with E-state index in [1.807, 2.05) is 12.1 Å². The van der Waals surface area contributed by atoms with E-state index in [0.29, 0.717) is 5.92 Å². The van der Waals surface area contributed by atoms with Gasteiger partial charge in [-0.25, -0.2) is 0 Å². The Morgan fingerprint density at radius 1 is 1.21 bits per heavy atom. The summed E-state index contributed by atoms with van der Waals surface area (Å²) in [7, 11) is 0. The van der Waals surface area contributed by atoms with Crippen LogP contribution < -0.4 is 5.32 Å². The predicted octanol–water partition coefficient (Wildman–Crippen LogP) is 5.08. The Morgan fingerprint density at radius 3 is 2.47 bits per heavy atom. The van der Waals surface area contributed by atoms with Crippen LogP contribution >= 0.6 is 11.6 Å². The quantitative estimate of drug-likeness (QED) is 0.735. The third-order valence-corrected chi connectivity index (χ3v) is 3.72. The van der Waals surface area contributed by atoms with E-state index in [1.165, 1.54) is 24.8 Å². The molecule has 0 saturated carbocycles. The summed E-state index contributed by atoms with van der Waals surface area (Å²) in [5.74, 6) is 0.666. The Balaban J connectivity index is 2.61. The van der Waals surface area contributed by atoms with Gasteiger partial charge in [0.25, 0.3) is 0 Å². The number of rotatable bonds is 7. The molecule has 0 aliphatic carbocycles. The molecule has 1 rings (SSSR count). The normalized spacial score (nSPS) is 13.5. The number of benzene rings is 1. The maximum atomic E-state index is 6.27. The minimum Gasteiger partial charge on any atom is -0.312 e. The average molecular weight is 282 g/mol. The van der Waals surface area contributed by atoms with Crippen LogP contribution in [0.1, 0.15) is 52.5 Å². The van der Waals surface area contributed by atoms with Crippen LogP contribution in [0.3, 0.4) is 0 Å². The molecule has 0 amide bonds. The molecule has 0 spiro atoms. The molecular weight excluding hydrogens is 254 g/mol. The number of unbranched alkanes of at least 4 members (excludes halogenated alkanes) is 1. The average Bonchev–Trinajstić information content (AvgIpc) is 2.34. The van der Waals surface area contributed by atoms with Gasteiger partial charge in [-0.3, -0.25) is 0 Å². The molecule has 108 valence electrons. The molecule has 1 aromatic rings. The first kappa shape index (κ1) is 16.5. The summed E-state index contributed by atoms with van der Waals surface area (Å²) in [5, 5.41) is 4.53. The van der Waals surface area contributed by atoms with Crippen LogP contribution in [-0.2, 0) is 6.42 Å². The molecule has 2 heteroatoms. The SMILES string of the molecule is CCCCC(CNC(C)(C)C)Cc1ccccc1Cl. The summed E-state index contributed by atoms with van der Waals surface area (Å²) in [5.41, 5.74) is 1.46. The van der Waals surface area contributed by atoms with Gasteiger partial charge in [0.15, 0.2) is 0 Å². The molecule has 0 bridgehead atoms. The fourth-order valence-electron chi connectivity index (χ4n) is 2.19. The third-order valence-electron chi connectivity index (χ3n) is 3.35.